The lowest BCUT2D eigenvalue weighted by Gasteiger charge is -2.23. The van der Waals surface area contributed by atoms with Crippen molar-refractivity contribution >= 4 is 5.91 Å². The summed E-state index contributed by atoms with van der Waals surface area (Å²) in [7, 11) is 1.83. The Labute approximate surface area is 118 Å². The fourth-order valence-corrected chi connectivity index (χ4v) is 2.97. The van der Waals surface area contributed by atoms with Gasteiger partial charge in [-0.3, -0.25) is 4.79 Å². The second-order valence-corrected chi connectivity index (χ2v) is 5.58. The number of nitrogens with two attached hydrogens (primary N) is 1. The lowest BCUT2D eigenvalue weighted by Crippen LogP contribution is -2.39. The molecule has 1 aliphatic heterocycles. The fraction of sp³-hybridized carbons (Fsp3) is 0.533. The molecule has 1 amide bonds. The molecule has 2 aliphatic rings. The Bertz CT molecular complexity index is 518. The zero-order valence-electron chi connectivity index (χ0n) is 11.7. The average molecular weight is 276 g/mol. The molecule has 0 bridgehead atoms. The summed E-state index contributed by atoms with van der Waals surface area (Å²) in [6, 6.07) is 5.80. The molecule has 1 heterocycles. The molecule has 20 heavy (non-hydrogen) atoms. The van der Waals surface area contributed by atoms with Crippen LogP contribution in [-0.4, -0.2) is 30.7 Å². The number of ether oxygens (including phenoxy) is 2. The molecule has 1 aromatic rings. The van der Waals surface area contributed by atoms with Crippen LogP contribution in [-0.2, 0) is 11.3 Å². The second kappa shape index (κ2) is 5.32. The first-order valence-corrected chi connectivity index (χ1v) is 7.04. The molecule has 5 nitrogen and oxygen atoms in total. The van der Waals surface area contributed by atoms with Gasteiger partial charge in [-0.05, 0) is 30.5 Å². The van der Waals surface area contributed by atoms with E-state index >= 15 is 0 Å². The maximum absolute atomic E-state index is 12.4. The van der Waals surface area contributed by atoms with Gasteiger partial charge in [0.25, 0.3) is 0 Å². The molecule has 0 radical (unpaired) electrons. The Hall–Kier alpha value is -1.75. The van der Waals surface area contributed by atoms with Gasteiger partial charge in [0.05, 0.1) is 5.92 Å². The summed E-state index contributed by atoms with van der Waals surface area (Å²) in [5.41, 5.74) is 7.04. The van der Waals surface area contributed by atoms with E-state index in [1.807, 2.05) is 25.2 Å². The number of hydrogen-bond acceptors (Lipinski definition) is 4. The summed E-state index contributed by atoms with van der Waals surface area (Å²) in [4.78, 5) is 14.1. The quantitative estimate of drug-likeness (QED) is 0.908. The molecule has 3 rings (SSSR count). The van der Waals surface area contributed by atoms with Crippen molar-refractivity contribution in [2.24, 2.45) is 11.7 Å². The largest absolute Gasteiger partial charge is 0.454 e. The molecular formula is C15H20N2O3. The minimum absolute atomic E-state index is 0.0155. The lowest BCUT2D eigenvalue weighted by molar-refractivity contribution is -0.134. The van der Waals surface area contributed by atoms with Crippen molar-refractivity contribution in [3.8, 4) is 11.5 Å². The van der Waals surface area contributed by atoms with E-state index in [4.69, 9.17) is 15.2 Å². The van der Waals surface area contributed by atoms with Crippen LogP contribution in [0.3, 0.4) is 0 Å². The average Bonchev–Trinajstić information content (AvgIpc) is 3.05. The van der Waals surface area contributed by atoms with Crippen LogP contribution in [0.5, 0.6) is 11.5 Å². The van der Waals surface area contributed by atoms with E-state index in [-0.39, 0.29) is 24.7 Å². The third kappa shape index (κ3) is 2.45. The zero-order valence-corrected chi connectivity index (χ0v) is 11.7. The van der Waals surface area contributed by atoms with E-state index in [2.05, 4.69) is 0 Å². The predicted octanol–water partition coefficient (Wildman–Crippen LogP) is 1.50. The SMILES string of the molecule is CN(Cc1ccc2c(c1)OCO2)C(=O)[C@H]1CCC[C@@H]1N. The van der Waals surface area contributed by atoms with Crippen molar-refractivity contribution in [3.63, 3.8) is 0 Å². The summed E-state index contributed by atoms with van der Waals surface area (Å²) in [6.07, 6.45) is 2.91. The molecule has 2 N–H and O–H groups in total. The van der Waals surface area contributed by atoms with Crippen LogP contribution < -0.4 is 15.2 Å². The van der Waals surface area contributed by atoms with Crippen LogP contribution in [0.15, 0.2) is 18.2 Å². The van der Waals surface area contributed by atoms with Crippen molar-refractivity contribution in [1.82, 2.24) is 4.90 Å². The third-order valence-electron chi connectivity index (χ3n) is 4.12. The number of rotatable bonds is 3. The third-order valence-corrected chi connectivity index (χ3v) is 4.12. The molecule has 0 spiro atoms. The van der Waals surface area contributed by atoms with Crippen molar-refractivity contribution in [1.29, 1.82) is 0 Å². The zero-order chi connectivity index (χ0) is 14.1. The Kier molecular flexibility index (Phi) is 3.53. The topological polar surface area (TPSA) is 64.8 Å². The van der Waals surface area contributed by atoms with Gasteiger partial charge in [0, 0.05) is 19.6 Å². The highest BCUT2D eigenvalue weighted by Gasteiger charge is 2.32. The van der Waals surface area contributed by atoms with E-state index in [1.165, 1.54) is 0 Å². The van der Waals surface area contributed by atoms with Crippen LogP contribution in [0.4, 0.5) is 0 Å². The minimum atomic E-state index is -0.0194. The minimum Gasteiger partial charge on any atom is -0.454 e. The van der Waals surface area contributed by atoms with Crippen LogP contribution >= 0.6 is 0 Å². The first kappa shape index (κ1) is 13.2. The van der Waals surface area contributed by atoms with E-state index in [9.17, 15) is 4.79 Å². The van der Waals surface area contributed by atoms with Crippen LogP contribution in [0.25, 0.3) is 0 Å². The maximum atomic E-state index is 12.4. The highest BCUT2D eigenvalue weighted by Crippen LogP contribution is 2.33. The lowest BCUT2D eigenvalue weighted by atomic mass is 10.0. The standard InChI is InChI=1S/C15H20N2O3/c1-17(15(18)11-3-2-4-12(11)16)8-10-5-6-13-14(7-10)20-9-19-13/h5-7,11-12H,2-4,8-9,16H2,1H3/t11-,12-/m0/s1. The Morgan fingerprint density at radius 2 is 2.15 bits per heavy atom. The molecule has 108 valence electrons. The van der Waals surface area contributed by atoms with Gasteiger partial charge in [-0.25, -0.2) is 0 Å². The number of carbonyl (C=O) groups excluding carboxylic acids is 1. The Balaban J connectivity index is 1.66. The summed E-state index contributed by atoms with van der Waals surface area (Å²) in [5, 5.41) is 0. The van der Waals surface area contributed by atoms with Crippen LogP contribution in [0, 0.1) is 5.92 Å². The Morgan fingerprint density at radius 3 is 2.90 bits per heavy atom. The number of carbonyl (C=O) groups is 1. The Morgan fingerprint density at radius 1 is 1.35 bits per heavy atom. The molecule has 0 saturated heterocycles. The predicted molar refractivity (Wildman–Crippen MR) is 74.4 cm³/mol. The van der Waals surface area contributed by atoms with Gasteiger partial charge >= 0.3 is 0 Å². The van der Waals surface area contributed by atoms with Gasteiger partial charge in [0.1, 0.15) is 0 Å². The molecule has 0 unspecified atom stereocenters. The molecular weight excluding hydrogens is 256 g/mol. The molecule has 1 fully saturated rings. The highest BCUT2D eigenvalue weighted by atomic mass is 16.7. The number of amides is 1. The van der Waals surface area contributed by atoms with Gasteiger partial charge < -0.3 is 20.1 Å². The first-order chi connectivity index (χ1) is 9.65. The van der Waals surface area contributed by atoms with Crippen molar-refractivity contribution < 1.29 is 14.3 Å². The monoisotopic (exact) mass is 276 g/mol. The molecule has 1 aromatic carbocycles. The van der Waals surface area contributed by atoms with Gasteiger partial charge in [0.2, 0.25) is 12.7 Å². The van der Waals surface area contributed by atoms with E-state index in [0.29, 0.717) is 6.54 Å². The number of benzene rings is 1. The smallest absolute Gasteiger partial charge is 0.231 e. The van der Waals surface area contributed by atoms with Crippen LogP contribution in [0.1, 0.15) is 24.8 Å². The van der Waals surface area contributed by atoms with Crippen LogP contribution in [0.2, 0.25) is 0 Å². The van der Waals surface area contributed by atoms with Crippen molar-refractivity contribution in [2.45, 2.75) is 31.8 Å². The normalized spacial score (nSPS) is 23.9. The summed E-state index contributed by atoms with van der Waals surface area (Å²) >= 11 is 0. The molecule has 2 atom stereocenters. The number of nitrogens with zero attached hydrogens (tertiary/aromatic N) is 1. The molecule has 1 saturated carbocycles. The van der Waals surface area contributed by atoms with Crippen molar-refractivity contribution in [2.75, 3.05) is 13.8 Å². The second-order valence-electron chi connectivity index (χ2n) is 5.58. The van der Waals surface area contributed by atoms with Gasteiger partial charge in [0.15, 0.2) is 11.5 Å². The summed E-state index contributed by atoms with van der Waals surface area (Å²) in [6.45, 7) is 0.836. The highest BCUT2D eigenvalue weighted by molar-refractivity contribution is 5.79. The van der Waals surface area contributed by atoms with E-state index in [0.717, 1.165) is 36.3 Å². The van der Waals surface area contributed by atoms with Gasteiger partial charge in [-0.2, -0.15) is 0 Å². The molecule has 0 aromatic heterocycles. The number of hydrogen-bond donors (Lipinski definition) is 1. The summed E-state index contributed by atoms with van der Waals surface area (Å²) in [5.74, 6) is 1.64. The van der Waals surface area contributed by atoms with E-state index in [1.54, 1.807) is 4.90 Å². The number of fused-ring (bicyclic) bond motifs is 1. The first-order valence-electron chi connectivity index (χ1n) is 7.04. The molecule has 1 aliphatic carbocycles. The van der Waals surface area contributed by atoms with Crippen molar-refractivity contribution in [3.05, 3.63) is 23.8 Å². The fourth-order valence-electron chi connectivity index (χ4n) is 2.97. The van der Waals surface area contributed by atoms with E-state index < -0.39 is 0 Å². The van der Waals surface area contributed by atoms with Gasteiger partial charge in [-0.1, -0.05) is 12.5 Å². The summed E-state index contributed by atoms with van der Waals surface area (Å²) < 4.78 is 10.6. The van der Waals surface area contributed by atoms with Gasteiger partial charge in [-0.15, -0.1) is 0 Å². The maximum Gasteiger partial charge on any atom is 0.231 e. The molecule has 5 heteroatoms.